The van der Waals surface area contributed by atoms with Crippen LogP contribution in [0.1, 0.15) is 12.6 Å². The van der Waals surface area contributed by atoms with Gasteiger partial charge in [0.1, 0.15) is 4.83 Å². The zero-order valence-corrected chi connectivity index (χ0v) is 12.9. The molecular formula is C17H15NO3S. The van der Waals surface area contributed by atoms with Crippen LogP contribution in [0.25, 0.3) is 21.3 Å². The van der Waals surface area contributed by atoms with Crippen molar-refractivity contribution in [3.8, 4) is 11.1 Å². The lowest BCUT2D eigenvalue weighted by Crippen LogP contribution is -2.12. The fraction of sp³-hybridized carbons (Fsp3) is 0.176. The quantitative estimate of drug-likeness (QED) is 0.751. The number of nitrogens with one attached hydrogen (secondary N) is 1. The minimum Gasteiger partial charge on any atom is -0.466 e. The predicted octanol–water partition coefficient (Wildman–Crippen LogP) is 3.36. The minimum atomic E-state index is -0.336. The summed E-state index contributed by atoms with van der Waals surface area (Å²) < 4.78 is 4.91. The predicted molar refractivity (Wildman–Crippen MR) is 88.2 cm³/mol. The zero-order valence-electron chi connectivity index (χ0n) is 12.1. The van der Waals surface area contributed by atoms with Crippen LogP contribution in [0.4, 0.5) is 0 Å². The Morgan fingerprint density at radius 2 is 2.05 bits per heavy atom. The molecule has 0 aliphatic rings. The summed E-state index contributed by atoms with van der Waals surface area (Å²) in [5.74, 6) is -0.336. The Hall–Kier alpha value is -2.40. The van der Waals surface area contributed by atoms with Crippen molar-refractivity contribution in [3.63, 3.8) is 0 Å². The third kappa shape index (κ3) is 2.80. The molecule has 3 rings (SSSR count). The highest BCUT2D eigenvalue weighted by Crippen LogP contribution is 2.30. The van der Waals surface area contributed by atoms with E-state index in [0.717, 1.165) is 16.0 Å². The van der Waals surface area contributed by atoms with Crippen LogP contribution >= 0.6 is 11.3 Å². The molecule has 112 valence electrons. The average molecular weight is 313 g/mol. The molecule has 2 heterocycles. The second-order valence-corrected chi connectivity index (χ2v) is 5.74. The van der Waals surface area contributed by atoms with Gasteiger partial charge in [-0.25, -0.2) is 0 Å². The maximum atomic E-state index is 12.4. The molecule has 0 fully saturated rings. The first-order chi connectivity index (χ1) is 10.7. The van der Waals surface area contributed by atoms with Crippen LogP contribution in [0, 0.1) is 0 Å². The topological polar surface area (TPSA) is 59.2 Å². The smallest absolute Gasteiger partial charge is 0.311 e. The van der Waals surface area contributed by atoms with Crippen LogP contribution in [0.5, 0.6) is 0 Å². The number of aromatic nitrogens is 1. The SMILES string of the molecule is CCOC(=O)Cc1cc(=O)c2c(-c3ccccc3)csc2[nH]1. The van der Waals surface area contributed by atoms with Crippen molar-refractivity contribution in [1.82, 2.24) is 4.98 Å². The van der Waals surface area contributed by atoms with Crippen LogP contribution in [0.2, 0.25) is 0 Å². The van der Waals surface area contributed by atoms with Crippen molar-refractivity contribution in [2.75, 3.05) is 6.61 Å². The number of carbonyl (C=O) groups excluding carboxylic acids is 1. The van der Waals surface area contributed by atoms with Crippen LogP contribution < -0.4 is 5.43 Å². The highest BCUT2D eigenvalue weighted by molar-refractivity contribution is 7.17. The van der Waals surface area contributed by atoms with Gasteiger partial charge in [0.15, 0.2) is 5.43 Å². The van der Waals surface area contributed by atoms with E-state index >= 15 is 0 Å². The molecule has 0 aliphatic carbocycles. The Bertz CT molecular complexity index is 864. The Labute approximate surface area is 131 Å². The number of aromatic amines is 1. The molecule has 0 bridgehead atoms. The van der Waals surface area contributed by atoms with Crippen LogP contribution in [0.3, 0.4) is 0 Å². The van der Waals surface area contributed by atoms with E-state index in [0.29, 0.717) is 17.7 Å². The lowest BCUT2D eigenvalue weighted by molar-refractivity contribution is -0.142. The molecule has 0 atom stereocenters. The minimum absolute atomic E-state index is 0.0758. The highest BCUT2D eigenvalue weighted by atomic mass is 32.1. The lowest BCUT2D eigenvalue weighted by atomic mass is 10.1. The van der Waals surface area contributed by atoms with Crippen molar-refractivity contribution in [3.05, 3.63) is 57.7 Å². The number of H-pyrrole nitrogens is 1. The number of pyridine rings is 1. The fourth-order valence-corrected chi connectivity index (χ4v) is 3.41. The molecule has 0 radical (unpaired) electrons. The van der Waals surface area contributed by atoms with Crippen molar-refractivity contribution >= 4 is 27.5 Å². The summed E-state index contributed by atoms with van der Waals surface area (Å²) in [5.41, 5.74) is 2.44. The summed E-state index contributed by atoms with van der Waals surface area (Å²) in [5, 5.41) is 2.63. The molecule has 0 aliphatic heterocycles. The Kier molecular flexibility index (Phi) is 4.06. The van der Waals surface area contributed by atoms with E-state index in [9.17, 15) is 9.59 Å². The van der Waals surface area contributed by atoms with E-state index in [-0.39, 0.29) is 17.8 Å². The number of thiophene rings is 1. The Morgan fingerprint density at radius 3 is 2.77 bits per heavy atom. The van der Waals surface area contributed by atoms with Gasteiger partial charge in [-0.05, 0) is 12.5 Å². The van der Waals surface area contributed by atoms with Gasteiger partial charge >= 0.3 is 5.97 Å². The highest BCUT2D eigenvalue weighted by Gasteiger charge is 2.13. The molecule has 3 aromatic rings. The third-order valence-electron chi connectivity index (χ3n) is 3.34. The maximum absolute atomic E-state index is 12.4. The molecule has 22 heavy (non-hydrogen) atoms. The molecule has 4 nitrogen and oxygen atoms in total. The van der Waals surface area contributed by atoms with Crippen LogP contribution in [-0.2, 0) is 16.0 Å². The number of rotatable bonds is 4. The Balaban J connectivity index is 2.04. The first kappa shape index (κ1) is 14.5. The van der Waals surface area contributed by atoms with Gasteiger partial charge < -0.3 is 9.72 Å². The monoisotopic (exact) mass is 313 g/mol. The van der Waals surface area contributed by atoms with Crippen molar-refractivity contribution in [2.24, 2.45) is 0 Å². The van der Waals surface area contributed by atoms with Gasteiger partial charge in [-0.2, -0.15) is 0 Å². The lowest BCUT2D eigenvalue weighted by Gasteiger charge is -2.03. The molecule has 1 N–H and O–H groups in total. The number of hydrogen-bond donors (Lipinski definition) is 1. The molecule has 0 saturated heterocycles. The van der Waals surface area contributed by atoms with E-state index in [1.54, 1.807) is 6.92 Å². The number of benzene rings is 1. The summed E-state index contributed by atoms with van der Waals surface area (Å²) in [6, 6.07) is 11.3. The van der Waals surface area contributed by atoms with Gasteiger partial charge in [0.2, 0.25) is 0 Å². The number of ether oxygens (including phenoxy) is 1. The van der Waals surface area contributed by atoms with Crippen molar-refractivity contribution < 1.29 is 9.53 Å². The number of hydrogen-bond acceptors (Lipinski definition) is 4. The van der Waals surface area contributed by atoms with E-state index in [1.807, 2.05) is 35.7 Å². The largest absolute Gasteiger partial charge is 0.466 e. The molecule has 1 aromatic carbocycles. The van der Waals surface area contributed by atoms with E-state index in [2.05, 4.69) is 4.98 Å². The fourth-order valence-electron chi connectivity index (χ4n) is 2.40. The van der Waals surface area contributed by atoms with Gasteiger partial charge in [-0.15, -0.1) is 11.3 Å². The van der Waals surface area contributed by atoms with Gasteiger partial charge in [-0.3, -0.25) is 9.59 Å². The zero-order chi connectivity index (χ0) is 15.5. The summed E-state index contributed by atoms with van der Waals surface area (Å²) >= 11 is 1.47. The van der Waals surface area contributed by atoms with Gasteiger partial charge in [0, 0.05) is 22.7 Å². The van der Waals surface area contributed by atoms with Gasteiger partial charge in [0.05, 0.1) is 18.4 Å². The number of fused-ring (bicyclic) bond motifs is 1. The molecule has 0 amide bonds. The van der Waals surface area contributed by atoms with Gasteiger partial charge in [0.25, 0.3) is 0 Å². The van der Waals surface area contributed by atoms with Crippen molar-refractivity contribution in [1.29, 1.82) is 0 Å². The number of carbonyl (C=O) groups is 1. The second-order valence-electron chi connectivity index (χ2n) is 4.86. The van der Waals surface area contributed by atoms with Gasteiger partial charge in [-0.1, -0.05) is 30.3 Å². The Morgan fingerprint density at radius 1 is 1.27 bits per heavy atom. The summed E-state index contributed by atoms with van der Waals surface area (Å²) in [6.45, 7) is 2.09. The first-order valence-electron chi connectivity index (χ1n) is 7.03. The maximum Gasteiger partial charge on any atom is 0.311 e. The summed E-state index contributed by atoms with van der Waals surface area (Å²) in [7, 11) is 0. The third-order valence-corrected chi connectivity index (χ3v) is 4.24. The molecule has 0 spiro atoms. The summed E-state index contributed by atoms with van der Waals surface area (Å²) in [4.78, 5) is 27.9. The molecule has 2 aromatic heterocycles. The summed E-state index contributed by atoms with van der Waals surface area (Å²) in [6.07, 6.45) is 0.0809. The van der Waals surface area contributed by atoms with Crippen LogP contribution in [-0.4, -0.2) is 17.6 Å². The second kappa shape index (κ2) is 6.15. The van der Waals surface area contributed by atoms with E-state index < -0.39 is 0 Å². The number of esters is 1. The van der Waals surface area contributed by atoms with Crippen LogP contribution in [0.15, 0.2) is 46.6 Å². The molecular weight excluding hydrogens is 298 g/mol. The van der Waals surface area contributed by atoms with E-state index in [1.165, 1.54) is 17.4 Å². The first-order valence-corrected chi connectivity index (χ1v) is 7.91. The van der Waals surface area contributed by atoms with Crippen molar-refractivity contribution in [2.45, 2.75) is 13.3 Å². The van der Waals surface area contributed by atoms with E-state index in [4.69, 9.17) is 4.74 Å². The standard InChI is InChI=1S/C17H15NO3S/c1-2-21-15(20)9-12-8-14(19)16-13(10-22-17(16)18-12)11-6-4-3-5-7-11/h3-8,10H,2,9H2,1H3,(H,18,19). The average Bonchev–Trinajstić information content (AvgIpc) is 2.92. The molecule has 5 heteroatoms. The molecule has 0 unspecified atom stereocenters. The molecule has 0 saturated carbocycles. The normalized spacial score (nSPS) is 10.8.